The van der Waals surface area contributed by atoms with Crippen molar-refractivity contribution in [2.75, 3.05) is 23.0 Å². The molecule has 124 valence electrons. The molecule has 10 heteroatoms. The first-order valence-electron chi connectivity index (χ1n) is 6.40. The highest BCUT2D eigenvalue weighted by Crippen LogP contribution is 2.43. The van der Waals surface area contributed by atoms with Gasteiger partial charge in [-0.3, -0.25) is 0 Å². The number of hydrogen-bond donors (Lipinski definition) is 1. The Hall–Kier alpha value is -1.13. The summed E-state index contributed by atoms with van der Waals surface area (Å²) in [5.41, 5.74) is 5.98. The van der Waals surface area contributed by atoms with E-state index in [9.17, 15) is 21.6 Å². The van der Waals surface area contributed by atoms with Crippen LogP contribution in [0.4, 0.5) is 18.9 Å². The van der Waals surface area contributed by atoms with Crippen LogP contribution < -0.4 is 15.4 Å². The molecule has 0 saturated carbocycles. The normalized spacial score (nSPS) is 18.4. The van der Waals surface area contributed by atoms with E-state index in [-0.39, 0.29) is 23.8 Å². The van der Waals surface area contributed by atoms with E-state index in [1.165, 1.54) is 18.2 Å². The molecule has 5 nitrogen and oxygen atoms in total. The number of sulfone groups is 1. The topological polar surface area (TPSA) is 72.6 Å². The average molecular weight is 356 g/mol. The van der Waals surface area contributed by atoms with Gasteiger partial charge in [-0.1, -0.05) is 18.7 Å². The van der Waals surface area contributed by atoms with Gasteiger partial charge in [0.25, 0.3) is 0 Å². The van der Waals surface area contributed by atoms with Crippen LogP contribution in [0, 0.1) is 0 Å². The van der Waals surface area contributed by atoms with Crippen LogP contribution in [0.5, 0.6) is 5.75 Å². The summed E-state index contributed by atoms with van der Waals surface area (Å²) in [5.74, 6) is -0.346. The summed E-state index contributed by atoms with van der Waals surface area (Å²) in [6.45, 7) is 1.75. The number of thioether (sulfide) groups is 1. The zero-order valence-electron chi connectivity index (χ0n) is 11.6. The smallest absolute Gasteiger partial charge is 0.406 e. The minimum atomic E-state index is -4.76. The zero-order chi connectivity index (χ0) is 16.5. The number of nitrogens with zero attached hydrogens (tertiary/aromatic N) is 1. The summed E-state index contributed by atoms with van der Waals surface area (Å²) in [4.78, 5) is 2.19. The van der Waals surface area contributed by atoms with Crippen molar-refractivity contribution in [2.45, 2.75) is 23.7 Å². The van der Waals surface area contributed by atoms with Gasteiger partial charge in [-0.2, -0.15) is 0 Å². The van der Waals surface area contributed by atoms with E-state index >= 15 is 0 Å². The molecule has 1 aromatic rings. The van der Waals surface area contributed by atoms with Gasteiger partial charge >= 0.3 is 6.36 Å². The molecular weight excluding hydrogens is 341 g/mol. The maximum absolute atomic E-state index is 12.2. The molecule has 2 N–H and O–H groups in total. The molecule has 0 spiro atoms. The van der Waals surface area contributed by atoms with Gasteiger partial charge in [0.2, 0.25) is 0 Å². The van der Waals surface area contributed by atoms with Crippen molar-refractivity contribution in [2.24, 2.45) is 5.73 Å². The van der Waals surface area contributed by atoms with Gasteiger partial charge in [-0.25, -0.2) is 8.42 Å². The Labute approximate surface area is 130 Å². The van der Waals surface area contributed by atoms with Gasteiger partial charge in [0, 0.05) is 17.2 Å². The number of alkyl halides is 3. The predicted molar refractivity (Wildman–Crippen MR) is 78.6 cm³/mol. The maximum atomic E-state index is 12.2. The van der Waals surface area contributed by atoms with Gasteiger partial charge in [0.05, 0.1) is 11.4 Å². The second-order valence-electron chi connectivity index (χ2n) is 4.62. The first-order chi connectivity index (χ1) is 10.1. The van der Waals surface area contributed by atoms with E-state index in [0.717, 1.165) is 11.8 Å². The van der Waals surface area contributed by atoms with E-state index in [4.69, 9.17) is 5.73 Å². The fraction of sp³-hybridized carbons (Fsp3) is 0.500. The van der Waals surface area contributed by atoms with Gasteiger partial charge < -0.3 is 15.4 Å². The molecule has 1 atom stereocenters. The Bertz CT molecular complexity index is 650. The Balaban J connectivity index is 2.16. The highest BCUT2D eigenvalue weighted by atomic mass is 32.2. The number of fused-ring (bicyclic) bond motifs is 1. The Kier molecular flexibility index (Phi) is 4.83. The fourth-order valence-corrected chi connectivity index (χ4v) is 3.84. The average Bonchev–Trinajstić information content (AvgIpc) is 2.69. The highest BCUT2D eigenvalue weighted by Gasteiger charge is 2.33. The van der Waals surface area contributed by atoms with Crippen LogP contribution in [0.25, 0.3) is 0 Å². The highest BCUT2D eigenvalue weighted by molar-refractivity contribution is 8.00. The molecule has 0 amide bonds. The predicted octanol–water partition coefficient (Wildman–Crippen LogP) is 2.17. The molecule has 0 fully saturated rings. The number of hydrogen-bond acceptors (Lipinski definition) is 6. The second kappa shape index (κ2) is 6.17. The van der Waals surface area contributed by atoms with Crippen LogP contribution in [0.3, 0.4) is 0 Å². The van der Waals surface area contributed by atoms with Crippen LogP contribution >= 0.6 is 11.8 Å². The van der Waals surface area contributed by atoms with Crippen LogP contribution in [0.2, 0.25) is 0 Å². The quantitative estimate of drug-likeness (QED) is 0.872. The zero-order valence-corrected chi connectivity index (χ0v) is 13.3. The number of anilines is 1. The van der Waals surface area contributed by atoms with Crippen molar-refractivity contribution in [3.63, 3.8) is 0 Å². The molecule has 0 aliphatic carbocycles. The van der Waals surface area contributed by atoms with Gasteiger partial charge in [-0.05, 0) is 18.2 Å². The molecule has 0 bridgehead atoms. The van der Waals surface area contributed by atoms with Crippen molar-refractivity contribution < 1.29 is 26.3 Å². The lowest BCUT2D eigenvalue weighted by Crippen LogP contribution is -2.39. The van der Waals surface area contributed by atoms with Gasteiger partial charge in [-0.15, -0.1) is 13.2 Å². The molecule has 1 aliphatic heterocycles. The van der Waals surface area contributed by atoms with Crippen molar-refractivity contribution in [1.82, 2.24) is 0 Å². The molecule has 0 radical (unpaired) electrons. The lowest BCUT2D eigenvalue weighted by atomic mass is 10.3. The van der Waals surface area contributed by atoms with Crippen LogP contribution in [-0.4, -0.2) is 38.3 Å². The molecule has 1 aliphatic rings. The summed E-state index contributed by atoms with van der Waals surface area (Å²) in [5, 5.41) is 0. The monoisotopic (exact) mass is 356 g/mol. The summed E-state index contributed by atoms with van der Waals surface area (Å²) in [6.07, 6.45) is -4.76. The number of rotatable bonds is 5. The van der Waals surface area contributed by atoms with E-state index in [1.807, 2.05) is 0 Å². The minimum absolute atomic E-state index is 0.0361. The lowest BCUT2D eigenvalue weighted by molar-refractivity contribution is -0.274. The Morgan fingerprint density at radius 1 is 1.41 bits per heavy atom. The molecule has 2 rings (SSSR count). The van der Waals surface area contributed by atoms with E-state index < -0.39 is 21.7 Å². The Morgan fingerprint density at radius 2 is 2.09 bits per heavy atom. The van der Waals surface area contributed by atoms with E-state index in [1.54, 1.807) is 11.8 Å². The third-order valence-electron chi connectivity index (χ3n) is 3.11. The number of nitrogens with two attached hydrogens (primary N) is 1. The van der Waals surface area contributed by atoms with Crippen LogP contribution in [0.15, 0.2) is 23.1 Å². The van der Waals surface area contributed by atoms with Gasteiger partial charge in [0.1, 0.15) is 11.2 Å². The second-order valence-corrected chi connectivity index (χ2v) is 8.25. The molecular formula is C12H15F3N2O3S2. The molecule has 1 heterocycles. The molecule has 22 heavy (non-hydrogen) atoms. The van der Waals surface area contributed by atoms with Gasteiger partial charge in [0.15, 0.2) is 9.84 Å². The number of ether oxygens (including phenoxy) is 1. The molecule has 1 unspecified atom stereocenters. The standard InChI is InChI=1S/C12H15F3N2O3S2/c1-2-22(18,19)6-5-17-9-4-3-8(20-12(13,14)15)7-10(9)21-11(17)16/h3-4,7,11H,2,5-6,16H2,1H3. The summed E-state index contributed by atoms with van der Waals surface area (Å²) < 4.78 is 63.6. The number of halogens is 3. The van der Waals surface area contributed by atoms with Crippen molar-refractivity contribution in [3.05, 3.63) is 18.2 Å². The van der Waals surface area contributed by atoms with E-state index in [2.05, 4.69) is 4.74 Å². The maximum Gasteiger partial charge on any atom is 0.573 e. The third kappa shape index (κ3) is 4.20. The summed E-state index contributed by atoms with van der Waals surface area (Å²) in [6, 6.07) is 3.89. The van der Waals surface area contributed by atoms with Crippen molar-refractivity contribution in [3.8, 4) is 5.75 Å². The Morgan fingerprint density at radius 3 is 2.68 bits per heavy atom. The van der Waals surface area contributed by atoms with Crippen LogP contribution in [0.1, 0.15) is 6.92 Å². The molecule has 1 aromatic carbocycles. The summed E-state index contributed by atoms with van der Waals surface area (Å²) in [7, 11) is -3.15. The SMILES string of the molecule is CCS(=O)(=O)CCN1c2ccc(OC(F)(F)F)cc2SC1N. The first-order valence-corrected chi connectivity index (χ1v) is 9.10. The third-order valence-corrected chi connectivity index (χ3v) is 5.87. The molecule has 0 aromatic heterocycles. The number of benzene rings is 1. The lowest BCUT2D eigenvalue weighted by Gasteiger charge is -2.23. The van der Waals surface area contributed by atoms with E-state index in [0.29, 0.717) is 10.6 Å². The fourth-order valence-electron chi connectivity index (χ4n) is 1.98. The molecule has 0 saturated heterocycles. The van der Waals surface area contributed by atoms with Crippen LogP contribution in [-0.2, 0) is 9.84 Å². The van der Waals surface area contributed by atoms with Crippen molar-refractivity contribution in [1.29, 1.82) is 0 Å². The summed E-state index contributed by atoms with van der Waals surface area (Å²) >= 11 is 1.16. The minimum Gasteiger partial charge on any atom is -0.406 e. The first kappa shape index (κ1) is 17.2. The largest absolute Gasteiger partial charge is 0.573 e. The van der Waals surface area contributed by atoms with Crippen molar-refractivity contribution >= 4 is 27.3 Å².